The van der Waals surface area contributed by atoms with Crippen LogP contribution >= 0.6 is 78.3 Å². The van der Waals surface area contributed by atoms with E-state index in [2.05, 4.69) is 47.5 Å². The molecule has 0 fully saturated rings. The molecule has 2 aromatic heterocycles. The van der Waals surface area contributed by atoms with Gasteiger partial charge in [-0.1, -0.05) is 35.3 Å². The quantitative estimate of drug-likeness (QED) is 0.0483. The van der Waals surface area contributed by atoms with Crippen LogP contribution in [0.2, 0.25) is 10.0 Å². The van der Waals surface area contributed by atoms with E-state index in [-0.39, 0.29) is 65.2 Å². The van der Waals surface area contributed by atoms with Gasteiger partial charge in [-0.25, -0.2) is 17.6 Å². The standard InChI is InChI=1S/C24H15BrClF8N3O3.C24H15BrClF8N3O2.CH2Cl2/c1-2-37(21(39)12-6-8-36(40)9-7-12)17-5-3-4-14(18(17)27)20(38)35-19-15(25)10-13(11-16(19)26)22(28,23(29,30)31)24(32,33)34;1-2-37(21(39)12-6-8-35-9-7-12)17-5-3-4-14(18(17)27)20(38)36-19-15(25)10-13(11-16(19)26)22(28,23(29,30)31)24(32,33)34;2-1-3/h3-11H,2H2,1H3,(H-,35,38,39,40);3-11H,2H2,1H3,(H,36,38);1H2/p+1. The van der Waals surface area contributed by atoms with Gasteiger partial charge in [0.25, 0.3) is 23.6 Å². The molecule has 4 amide bonds. The van der Waals surface area contributed by atoms with E-state index in [0.717, 1.165) is 34.3 Å². The minimum atomic E-state index is -6.40. The van der Waals surface area contributed by atoms with Gasteiger partial charge < -0.3 is 20.4 Å². The van der Waals surface area contributed by atoms with Crippen molar-refractivity contribution in [1.82, 2.24) is 4.98 Å². The smallest absolute Gasteiger partial charge is 0.320 e. The molecule has 0 radical (unpaired) electrons. The minimum absolute atomic E-state index is 0.00855. The van der Waals surface area contributed by atoms with Crippen LogP contribution in [0.4, 0.5) is 93.0 Å². The van der Waals surface area contributed by atoms with Crippen LogP contribution < -0.4 is 25.2 Å². The molecule has 2 heterocycles. The van der Waals surface area contributed by atoms with E-state index >= 15 is 8.78 Å². The molecule has 11 nitrogen and oxygen atoms in total. The fourth-order valence-corrected chi connectivity index (χ4v) is 9.02. The molecular formula is C49H33Br2Cl4F16N6O5+. The second-order valence-corrected chi connectivity index (χ2v) is 19.4. The first kappa shape index (κ1) is 68.4. The molecule has 0 saturated heterocycles. The summed E-state index contributed by atoms with van der Waals surface area (Å²) in [6.07, 6.45) is -20.6. The molecule has 0 unspecified atom stereocenters. The normalized spacial score (nSPS) is 12.0. The molecule has 0 atom stereocenters. The number of rotatable bonds is 12. The summed E-state index contributed by atoms with van der Waals surface area (Å²) in [4.78, 5) is 57.3. The average molecular weight is 1390 g/mol. The number of carbonyl (C=O) groups excluding carboxylic acids is 4. The zero-order valence-electron chi connectivity index (χ0n) is 40.7. The van der Waals surface area contributed by atoms with Gasteiger partial charge in [0, 0.05) is 68.0 Å². The molecule has 0 aliphatic rings. The van der Waals surface area contributed by atoms with Crippen molar-refractivity contribution in [2.45, 2.75) is 49.9 Å². The van der Waals surface area contributed by atoms with E-state index in [9.17, 15) is 85.9 Å². The SMILES string of the molecule is CCN(C(=O)c1cc[n+](O)cc1)c1cccc(C(=O)Nc2c(Cl)cc(C(F)(C(F)(F)F)C(F)(F)F)cc2Br)c1F.CCN(C(=O)c1ccncc1)c1cccc(C(=O)Nc2c(Cl)cc(C(F)(C(F)(F)F)C(F)(F)F)cc2Br)c1F.ClCCl. The fraction of sp³-hybridized carbons (Fsp3) is 0.224. The van der Waals surface area contributed by atoms with E-state index < -0.39 is 124 Å². The van der Waals surface area contributed by atoms with Crippen LogP contribution in [-0.2, 0) is 11.3 Å². The van der Waals surface area contributed by atoms with E-state index in [1.807, 2.05) is 0 Å². The van der Waals surface area contributed by atoms with Gasteiger partial charge in [-0.3, -0.25) is 29.4 Å². The van der Waals surface area contributed by atoms with Crippen LogP contribution in [0.1, 0.15) is 66.4 Å². The predicted molar refractivity (Wildman–Crippen MR) is 276 cm³/mol. The largest absolute Gasteiger partial charge is 0.435 e. The maximum Gasteiger partial charge on any atom is 0.435 e. The number of halogens is 22. The average Bonchev–Trinajstić information content (AvgIpc) is 2.71. The number of hydrogen-bond acceptors (Lipinski definition) is 6. The van der Waals surface area contributed by atoms with Crippen LogP contribution in [-0.4, -0.2) is 77.0 Å². The van der Waals surface area contributed by atoms with Gasteiger partial charge in [0.2, 0.25) is 12.4 Å². The third-order valence-electron chi connectivity index (χ3n) is 11.1. The summed E-state index contributed by atoms with van der Waals surface area (Å²) >= 11 is 26.5. The molecule has 0 bridgehead atoms. The number of aromatic nitrogens is 2. The van der Waals surface area contributed by atoms with Crippen LogP contribution in [0.3, 0.4) is 0 Å². The first-order valence-corrected chi connectivity index (χ1v) is 25.5. The first-order chi connectivity index (χ1) is 37.9. The summed E-state index contributed by atoms with van der Waals surface area (Å²) < 4.78 is 217. The maximum atomic E-state index is 15.4. The molecular weight excluding hydrogens is 1360 g/mol. The Bertz CT molecular complexity index is 3230. The Morgan fingerprint density at radius 1 is 0.561 bits per heavy atom. The van der Waals surface area contributed by atoms with Crippen molar-refractivity contribution >= 4 is 125 Å². The molecule has 0 aliphatic carbocycles. The van der Waals surface area contributed by atoms with Crippen molar-refractivity contribution in [3.8, 4) is 0 Å². The number of nitrogens with zero attached hydrogens (tertiary/aromatic N) is 4. The van der Waals surface area contributed by atoms with E-state index in [1.54, 1.807) is 6.92 Å². The monoisotopic (exact) mass is 1390 g/mol. The highest BCUT2D eigenvalue weighted by Gasteiger charge is 2.74. The Kier molecular flexibility index (Phi) is 22.6. The number of hydrogen-bond donors (Lipinski definition) is 3. The number of alkyl halides is 16. The van der Waals surface area contributed by atoms with Gasteiger partial charge in [-0.15, -0.1) is 23.2 Å². The van der Waals surface area contributed by atoms with E-state index in [4.69, 9.17) is 46.4 Å². The van der Waals surface area contributed by atoms with Crippen molar-refractivity contribution in [3.63, 3.8) is 0 Å². The summed E-state index contributed by atoms with van der Waals surface area (Å²) in [6.45, 7) is 3.00. The van der Waals surface area contributed by atoms with Gasteiger partial charge in [0.15, 0.2) is 11.6 Å². The topological polar surface area (TPSA) is 136 Å². The molecule has 6 rings (SSSR count). The lowest BCUT2D eigenvalue weighted by atomic mass is 9.94. The van der Waals surface area contributed by atoms with Crippen molar-refractivity contribution in [2.24, 2.45) is 0 Å². The van der Waals surface area contributed by atoms with E-state index in [1.165, 1.54) is 67.8 Å². The molecule has 0 aliphatic heterocycles. The van der Waals surface area contributed by atoms with Gasteiger partial charge in [-0.05, 0) is 106 Å². The van der Waals surface area contributed by atoms with E-state index in [0.29, 0.717) is 4.73 Å². The van der Waals surface area contributed by atoms with Crippen molar-refractivity contribution in [3.05, 3.63) is 174 Å². The van der Waals surface area contributed by atoms with Gasteiger partial charge in [-0.2, -0.15) is 52.7 Å². The highest BCUT2D eigenvalue weighted by molar-refractivity contribution is 9.11. The van der Waals surface area contributed by atoms with Crippen LogP contribution in [0.25, 0.3) is 0 Å². The molecule has 0 spiro atoms. The zero-order valence-corrected chi connectivity index (χ0v) is 46.9. The number of benzene rings is 4. The minimum Gasteiger partial charge on any atom is -0.320 e. The lowest BCUT2D eigenvalue weighted by Gasteiger charge is -2.30. The van der Waals surface area contributed by atoms with Gasteiger partial charge in [0.05, 0.1) is 54.8 Å². The van der Waals surface area contributed by atoms with Crippen LogP contribution in [0.15, 0.2) is 119 Å². The number of carbonyl (C=O) groups is 4. The molecule has 4 aromatic carbocycles. The number of amides is 4. The molecule has 3 N–H and O–H groups in total. The highest BCUT2D eigenvalue weighted by Crippen LogP contribution is 2.56. The lowest BCUT2D eigenvalue weighted by Crippen LogP contribution is -2.50. The Hall–Kier alpha value is -6.14. The second kappa shape index (κ2) is 27.1. The molecule has 0 saturated carbocycles. The van der Waals surface area contributed by atoms with Gasteiger partial charge in [0.1, 0.15) is 0 Å². The zero-order chi connectivity index (χ0) is 62.2. The lowest BCUT2D eigenvalue weighted by molar-refractivity contribution is -0.904. The third kappa shape index (κ3) is 14.6. The van der Waals surface area contributed by atoms with Crippen LogP contribution in [0, 0.1) is 11.6 Å². The van der Waals surface area contributed by atoms with Crippen molar-refractivity contribution < 1.29 is 99.4 Å². The van der Waals surface area contributed by atoms with Crippen molar-refractivity contribution in [2.75, 3.05) is 38.9 Å². The third-order valence-corrected chi connectivity index (χ3v) is 12.9. The summed E-state index contributed by atoms with van der Waals surface area (Å²) in [5, 5.41) is 11.9. The van der Waals surface area contributed by atoms with Crippen molar-refractivity contribution in [1.29, 1.82) is 0 Å². The molecule has 442 valence electrons. The fourth-order valence-electron chi connectivity index (χ4n) is 7.14. The summed E-state index contributed by atoms with van der Waals surface area (Å²) in [5.41, 5.74) is -18.1. The Morgan fingerprint density at radius 2 is 0.878 bits per heavy atom. The maximum absolute atomic E-state index is 15.4. The number of pyridine rings is 2. The summed E-state index contributed by atoms with van der Waals surface area (Å²) in [6, 6.07) is 12.6. The molecule has 33 heteroatoms. The Balaban J connectivity index is 0.000000336. The summed E-state index contributed by atoms with van der Waals surface area (Å²) in [5.74, 6) is -6.09. The second-order valence-electron chi connectivity index (χ2n) is 16.0. The summed E-state index contributed by atoms with van der Waals surface area (Å²) in [7, 11) is 0. The number of anilines is 4. The first-order valence-electron chi connectivity index (χ1n) is 22.1. The van der Waals surface area contributed by atoms with Gasteiger partial charge >= 0.3 is 36.0 Å². The highest BCUT2D eigenvalue weighted by atomic mass is 79.9. The Morgan fingerprint density at radius 3 is 1.17 bits per heavy atom. The Labute approximate surface area is 488 Å². The number of nitrogens with one attached hydrogen (secondary N) is 2. The molecule has 6 aromatic rings. The van der Waals surface area contributed by atoms with Crippen LogP contribution in [0.5, 0.6) is 0 Å². The molecule has 82 heavy (non-hydrogen) atoms. The predicted octanol–water partition coefficient (Wildman–Crippen LogP) is 16.2.